The number of amides is 3. The summed E-state index contributed by atoms with van der Waals surface area (Å²) < 4.78 is 0. The van der Waals surface area contributed by atoms with Gasteiger partial charge in [0.15, 0.2) is 0 Å². The second kappa shape index (κ2) is 9.40. The molecule has 1 fully saturated rings. The molecule has 6 nitrogen and oxygen atoms in total. The third-order valence-corrected chi connectivity index (χ3v) is 6.86. The maximum absolute atomic E-state index is 13.2. The Morgan fingerprint density at radius 2 is 1.85 bits per heavy atom. The van der Waals surface area contributed by atoms with E-state index in [4.69, 9.17) is 11.6 Å². The van der Waals surface area contributed by atoms with E-state index in [-0.39, 0.29) is 22.7 Å². The Bertz CT molecular complexity index is 1160. The number of anilines is 2. The van der Waals surface area contributed by atoms with Crippen LogP contribution in [0.15, 0.2) is 53.2 Å². The van der Waals surface area contributed by atoms with E-state index in [1.54, 1.807) is 36.4 Å². The molecule has 1 N–H and O–H groups in total. The first-order chi connectivity index (χ1) is 15.8. The van der Waals surface area contributed by atoms with Crippen molar-refractivity contribution >= 4 is 40.7 Å². The van der Waals surface area contributed by atoms with Crippen LogP contribution in [-0.2, 0) is 9.59 Å². The Morgan fingerprint density at radius 3 is 2.58 bits per heavy atom. The van der Waals surface area contributed by atoms with E-state index < -0.39 is 11.8 Å². The van der Waals surface area contributed by atoms with Gasteiger partial charge in [0.2, 0.25) is 0 Å². The molecular formula is C26H28ClN3O3. The van der Waals surface area contributed by atoms with Gasteiger partial charge in [-0.15, -0.1) is 0 Å². The number of rotatable bonds is 5. The Kier molecular flexibility index (Phi) is 6.56. The monoisotopic (exact) mass is 465 g/mol. The number of piperidine rings is 1. The summed E-state index contributed by atoms with van der Waals surface area (Å²) in [5.74, 6) is -1.11. The fraction of sp³-hybridized carbons (Fsp3) is 0.346. The van der Waals surface area contributed by atoms with Crippen LogP contribution in [0.3, 0.4) is 0 Å². The quantitative estimate of drug-likeness (QED) is 0.620. The highest BCUT2D eigenvalue weighted by atomic mass is 35.5. The molecule has 2 aromatic carbocycles. The highest BCUT2D eigenvalue weighted by Gasteiger charge is 2.39. The van der Waals surface area contributed by atoms with E-state index in [9.17, 15) is 14.4 Å². The normalized spacial score (nSPS) is 18.8. The Balaban J connectivity index is 1.56. The fourth-order valence-corrected chi connectivity index (χ4v) is 4.66. The number of aryl methyl sites for hydroxylation is 2. The zero-order valence-electron chi connectivity index (χ0n) is 19.2. The van der Waals surface area contributed by atoms with Gasteiger partial charge < -0.3 is 10.2 Å². The van der Waals surface area contributed by atoms with Crippen LogP contribution in [0.1, 0.15) is 54.1 Å². The Morgan fingerprint density at radius 1 is 1.06 bits per heavy atom. The van der Waals surface area contributed by atoms with Gasteiger partial charge in [-0.1, -0.05) is 30.7 Å². The van der Waals surface area contributed by atoms with Crippen LogP contribution >= 0.6 is 11.6 Å². The van der Waals surface area contributed by atoms with Gasteiger partial charge in [-0.3, -0.25) is 14.4 Å². The summed E-state index contributed by atoms with van der Waals surface area (Å²) in [4.78, 5) is 42.1. The topological polar surface area (TPSA) is 69.7 Å². The van der Waals surface area contributed by atoms with Crippen LogP contribution in [0.25, 0.3) is 0 Å². The van der Waals surface area contributed by atoms with E-state index in [1.165, 1.54) is 0 Å². The minimum Gasteiger partial charge on any atom is -0.350 e. The summed E-state index contributed by atoms with van der Waals surface area (Å²) in [6, 6.07) is 12.6. The lowest BCUT2D eigenvalue weighted by atomic mass is 9.99. The number of likely N-dealkylation sites (tertiary alicyclic amines) is 1. The molecule has 0 aliphatic carbocycles. The molecule has 0 saturated carbocycles. The third kappa shape index (κ3) is 4.40. The smallest absolute Gasteiger partial charge is 0.283 e. The Labute approximate surface area is 199 Å². The number of carbonyl (C=O) groups is 3. The summed E-state index contributed by atoms with van der Waals surface area (Å²) in [7, 11) is 0. The van der Waals surface area contributed by atoms with Crippen LogP contribution in [-0.4, -0.2) is 35.2 Å². The predicted molar refractivity (Wildman–Crippen MR) is 130 cm³/mol. The number of imide groups is 1. The standard InChI is InChI=1S/C26H28ClN3O3/c1-4-20-10-5-6-13-29(20)24(31)18-8-7-9-19(15-18)28-23-22(27)25(32)30(26(23)33)21-12-11-16(2)17(3)14-21/h7-9,11-12,14-15,20,28H,4-6,10,13H2,1-3H3. The highest BCUT2D eigenvalue weighted by molar-refractivity contribution is 6.53. The van der Waals surface area contributed by atoms with Crippen molar-refractivity contribution in [2.24, 2.45) is 0 Å². The summed E-state index contributed by atoms with van der Waals surface area (Å²) in [5.41, 5.74) is 3.59. The Hall–Kier alpha value is -3.12. The predicted octanol–water partition coefficient (Wildman–Crippen LogP) is 5.14. The van der Waals surface area contributed by atoms with Crippen molar-refractivity contribution in [2.75, 3.05) is 16.8 Å². The average Bonchev–Trinajstić information content (AvgIpc) is 3.03. The van der Waals surface area contributed by atoms with E-state index in [0.717, 1.165) is 48.3 Å². The maximum Gasteiger partial charge on any atom is 0.283 e. The fourth-order valence-electron chi connectivity index (χ4n) is 4.44. The first-order valence-electron chi connectivity index (χ1n) is 11.4. The molecule has 2 aliphatic rings. The molecule has 0 aromatic heterocycles. The number of carbonyl (C=O) groups excluding carboxylic acids is 3. The van der Waals surface area contributed by atoms with E-state index in [1.807, 2.05) is 24.8 Å². The molecule has 1 atom stereocenters. The molecule has 1 unspecified atom stereocenters. The molecule has 2 aromatic rings. The van der Waals surface area contributed by atoms with Gasteiger partial charge in [-0.05, 0) is 81.0 Å². The van der Waals surface area contributed by atoms with Gasteiger partial charge in [0, 0.05) is 23.8 Å². The van der Waals surface area contributed by atoms with Gasteiger partial charge in [-0.2, -0.15) is 0 Å². The third-order valence-electron chi connectivity index (χ3n) is 6.51. The molecule has 2 aliphatic heterocycles. The number of hydrogen-bond donors (Lipinski definition) is 1. The molecule has 0 spiro atoms. The van der Waals surface area contributed by atoms with Gasteiger partial charge in [0.1, 0.15) is 10.7 Å². The molecule has 1 saturated heterocycles. The summed E-state index contributed by atoms with van der Waals surface area (Å²) in [6.45, 7) is 6.74. The first kappa shape index (κ1) is 23.1. The summed E-state index contributed by atoms with van der Waals surface area (Å²) in [5, 5.41) is 2.82. The van der Waals surface area contributed by atoms with Crippen molar-refractivity contribution in [3.05, 3.63) is 69.9 Å². The molecule has 2 heterocycles. The number of nitrogens with one attached hydrogen (secondary N) is 1. The van der Waals surface area contributed by atoms with E-state index >= 15 is 0 Å². The van der Waals surface area contributed by atoms with Crippen molar-refractivity contribution in [1.29, 1.82) is 0 Å². The van der Waals surface area contributed by atoms with Crippen LogP contribution in [0.4, 0.5) is 11.4 Å². The van der Waals surface area contributed by atoms with Crippen LogP contribution in [0.2, 0.25) is 0 Å². The van der Waals surface area contributed by atoms with E-state index in [2.05, 4.69) is 12.2 Å². The lowest BCUT2D eigenvalue weighted by molar-refractivity contribution is -0.120. The number of hydrogen-bond acceptors (Lipinski definition) is 4. The van der Waals surface area contributed by atoms with Crippen molar-refractivity contribution < 1.29 is 14.4 Å². The number of halogens is 1. The van der Waals surface area contributed by atoms with Crippen molar-refractivity contribution in [2.45, 2.75) is 52.5 Å². The van der Waals surface area contributed by atoms with Gasteiger partial charge in [0.05, 0.1) is 5.69 Å². The molecule has 7 heteroatoms. The zero-order chi connectivity index (χ0) is 23.7. The molecular weight excluding hydrogens is 438 g/mol. The van der Waals surface area contributed by atoms with Crippen LogP contribution in [0.5, 0.6) is 0 Å². The zero-order valence-corrected chi connectivity index (χ0v) is 19.9. The molecule has 33 heavy (non-hydrogen) atoms. The summed E-state index contributed by atoms with van der Waals surface area (Å²) in [6.07, 6.45) is 4.10. The molecule has 4 rings (SSSR count). The van der Waals surface area contributed by atoms with Gasteiger partial charge in [0.25, 0.3) is 17.7 Å². The maximum atomic E-state index is 13.2. The van der Waals surface area contributed by atoms with Crippen LogP contribution < -0.4 is 10.2 Å². The molecule has 172 valence electrons. The molecule has 3 amide bonds. The van der Waals surface area contributed by atoms with E-state index in [0.29, 0.717) is 16.9 Å². The van der Waals surface area contributed by atoms with Gasteiger partial charge >= 0.3 is 0 Å². The van der Waals surface area contributed by atoms with Crippen molar-refractivity contribution in [1.82, 2.24) is 4.90 Å². The number of nitrogens with zero attached hydrogens (tertiary/aromatic N) is 2. The first-order valence-corrected chi connectivity index (χ1v) is 11.7. The molecule has 0 radical (unpaired) electrons. The lowest BCUT2D eigenvalue weighted by Crippen LogP contribution is -2.43. The van der Waals surface area contributed by atoms with Crippen molar-refractivity contribution in [3.63, 3.8) is 0 Å². The minimum atomic E-state index is -0.571. The number of benzene rings is 2. The van der Waals surface area contributed by atoms with Crippen LogP contribution in [0, 0.1) is 13.8 Å². The lowest BCUT2D eigenvalue weighted by Gasteiger charge is -2.35. The SMILES string of the molecule is CCC1CCCCN1C(=O)c1cccc(NC2=C(Cl)C(=O)N(c3ccc(C)c(C)c3)C2=O)c1. The molecule has 0 bridgehead atoms. The highest BCUT2D eigenvalue weighted by Crippen LogP contribution is 2.31. The average molecular weight is 466 g/mol. The second-order valence-electron chi connectivity index (χ2n) is 8.67. The van der Waals surface area contributed by atoms with Gasteiger partial charge in [-0.25, -0.2) is 4.90 Å². The second-order valence-corrected chi connectivity index (χ2v) is 9.04. The largest absolute Gasteiger partial charge is 0.350 e. The summed E-state index contributed by atoms with van der Waals surface area (Å²) >= 11 is 6.28. The minimum absolute atomic E-state index is 0.00824. The van der Waals surface area contributed by atoms with Crippen molar-refractivity contribution in [3.8, 4) is 0 Å².